The van der Waals surface area contributed by atoms with Gasteiger partial charge < -0.3 is 20.8 Å². The van der Waals surface area contributed by atoms with E-state index in [9.17, 15) is 14.7 Å². The maximum atomic E-state index is 11.4. The van der Waals surface area contributed by atoms with E-state index in [1.54, 1.807) is 0 Å². The molecule has 0 bridgehead atoms. The van der Waals surface area contributed by atoms with Gasteiger partial charge in [-0.1, -0.05) is 6.92 Å². The maximum absolute atomic E-state index is 11.4. The van der Waals surface area contributed by atoms with Gasteiger partial charge in [-0.25, -0.2) is 9.59 Å². The van der Waals surface area contributed by atoms with Crippen molar-refractivity contribution in [2.24, 2.45) is 0 Å². The Morgan fingerprint density at radius 2 is 2.00 bits per heavy atom. The van der Waals surface area contributed by atoms with Gasteiger partial charge in [0.2, 0.25) is 0 Å². The largest absolute Gasteiger partial charge is 0.480 e. The Morgan fingerprint density at radius 1 is 1.41 bits per heavy atom. The van der Waals surface area contributed by atoms with E-state index < -0.39 is 24.1 Å². The van der Waals surface area contributed by atoms with Gasteiger partial charge in [0.05, 0.1) is 6.10 Å². The van der Waals surface area contributed by atoms with Crippen molar-refractivity contribution in [3.05, 3.63) is 0 Å². The second kappa shape index (κ2) is 7.52. The molecule has 0 saturated heterocycles. The fourth-order valence-electron chi connectivity index (χ4n) is 1.20. The number of nitrogens with one attached hydrogen (secondary N) is 2. The molecule has 0 aromatic carbocycles. The molecule has 2 amide bonds. The topological polar surface area (TPSA) is 98.7 Å². The number of carboxylic acid groups (broad SMARTS) is 1. The normalized spacial score (nSPS) is 15.2. The van der Waals surface area contributed by atoms with Gasteiger partial charge in [0.25, 0.3) is 0 Å². The number of terminal acetylenes is 1. The lowest BCUT2D eigenvalue weighted by Gasteiger charge is -2.20. The van der Waals surface area contributed by atoms with Crippen LogP contribution in [0.2, 0.25) is 0 Å². The van der Waals surface area contributed by atoms with Crippen LogP contribution in [-0.4, -0.2) is 40.4 Å². The van der Waals surface area contributed by atoms with Crippen molar-refractivity contribution in [2.75, 3.05) is 0 Å². The van der Waals surface area contributed by atoms with Crippen molar-refractivity contribution < 1.29 is 19.8 Å². The van der Waals surface area contributed by atoms with Crippen molar-refractivity contribution in [1.82, 2.24) is 10.6 Å². The quantitative estimate of drug-likeness (QED) is 0.490. The lowest BCUT2D eigenvalue weighted by Crippen LogP contribution is -2.52. The highest BCUT2D eigenvalue weighted by Gasteiger charge is 2.25. The Morgan fingerprint density at radius 3 is 2.35 bits per heavy atom. The number of carboxylic acids is 1. The predicted octanol–water partition coefficient (Wildman–Crippen LogP) is -0.0785. The molecule has 3 atom stereocenters. The summed E-state index contributed by atoms with van der Waals surface area (Å²) in [7, 11) is 0. The summed E-state index contributed by atoms with van der Waals surface area (Å²) in [5.74, 6) is 1.12. The summed E-state index contributed by atoms with van der Waals surface area (Å²) in [4.78, 5) is 22.2. The average molecular weight is 242 g/mol. The van der Waals surface area contributed by atoms with E-state index in [4.69, 9.17) is 11.5 Å². The second-order valence-electron chi connectivity index (χ2n) is 3.69. The van der Waals surface area contributed by atoms with Gasteiger partial charge in [0, 0.05) is 12.5 Å². The Kier molecular flexibility index (Phi) is 6.75. The highest BCUT2D eigenvalue weighted by molar-refractivity contribution is 5.83. The summed E-state index contributed by atoms with van der Waals surface area (Å²) in [6, 6.07) is -2.19. The summed E-state index contributed by atoms with van der Waals surface area (Å²) < 4.78 is 0. The van der Waals surface area contributed by atoms with Crippen molar-refractivity contribution >= 4 is 12.0 Å². The molecular weight excluding hydrogens is 224 g/mol. The number of carbonyl (C=O) groups excluding carboxylic acids is 1. The second-order valence-corrected chi connectivity index (χ2v) is 3.69. The molecule has 0 aliphatic rings. The molecule has 0 saturated carbocycles. The highest BCUT2D eigenvalue weighted by atomic mass is 16.4. The van der Waals surface area contributed by atoms with Crippen LogP contribution in [0, 0.1) is 12.3 Å². The van der Waals surface area contributed by atoms with E-state index >= 15 is 0 Å². The minimum Gasteiger partial charge on any atom is -0.480 e. The van der Waals surface area contributed by atoms with Gasteiger partial charge in [0.1, 0.15) is 0 Å². The zero-order valence-corrected chi connectivity index (χ0v) is 9.93. The van der Waals surface area contributed by atoms with Crippen LogP contribution in [0.5, 0.6) is 0 Å². The van der Waals surface area contributed by atoms with Crippen molar-refractivity contribution in [1.29, 1.82) is 0 Å². The molecule has 17 heavy (non-hydrogen) atoms. The van der Waals surface area contributed by atoms with E-state index in [0.29, 0.717) is 12.8 Å². The number of carbonyl (C=O) groups is 2. The van der Waals surface area contributed by atoms with Crippen LogP contribution >= 0.6 is 0 Å². The molecule has 0 aromatic rings. The molecule has 0 aliphatic heterocycles. The predicted molar refractivity (Wildman–Crippen MR) is 62.3 cm³/mol. The molecule has 6 nitrogen and oxygen atoms in total. The van der Waals surface area contributed by atoms with Crippen molar-refractivity contribution in [3.8, 4) is 12.3 Å². The molecule has 0 radical (unpaired) electrons. The van der Waals surface area contributed by atoms with Crippen LogP contribution < -0.4 is 10.6 Å². The van der Waals surface area contributed by atoms with Crippen LogP contribution in [0.15, 0.2) is 0 Å². The van der Waals surface area contributed by atoms with Crippen LogP contribution in [0.1, 0.15) is 26.7 Å². The van der Waals surface area contributed by atoms with E-state index in [1.165, 1.54) is 6.92 Å². The molecule has 96 valence electrons. The minimum absolute atomic E-state index is 0.205. The number of rotatable bonds is 6. The molecule has 0 rings (SSSR count). The monoisotopic (exact) mass is 242 g/mol. The average Bonchev–Trinajstić information content (AvgIpc) is 2.24. The SMILES string of the molecule is C#CCC(CC)NC(=O)NC(C(=O)O)C(C)O. The first-order chi connectivity index (χ1) is 7.92. The van der Waals surface area contributed by atoms with Crippen LogP contribution in [0.25, 0.3) is 0 Å². The number of aliphatic hydroxyl groups excluding tert-OH is 1. The Hall–Kier alpha value is -1.74. The molecule has 3 unspecified atom stereocenters. The molecular formula is C11H18N2O4. The van der Waals surface area contributed by atoms with Gasteiger partial charge in [-0.3, -0.25) is 0 Å². The molecule has 0 fully saturated rings. The van der Waals surface area contributed by atoms with Crippen molar-refractivity contribution in [3.63, 3.8) is 0 Å². The van der Waals surface area contributed by atoms with Gasteiger partial charge in [-0.05, 0) is 13.3 Å². The Balaban J connectivity index is 4.33. The number of aliphatic hydroxyl groups is 1. The zero-order valence-electron chi connectivity index (χ0n) is 9.93. The number of amides is 2. The fourth-order valence-corrected chi connectivity index (χ4v) is 1.20. The summed E-state index contributed by atoms with van der Waals surface area (Å²) in [5.41, 5.74) is 0. The molecule has 0 heterocycles. The van der Waals surface area contributed by atoms with E-state index in [1.807, 2.05) is 6.92 Å². The van der Waals surface area contributed by atoms with Gasteiger partial charge in [0.15, 0.2) is 6.04 Å². The van der Waals surface area contributed by atoms with E-state index in [0.717, 1.165) is 0 Å². The molecule has 0 spiro atoms. The summed E-state index contributed by atoms with van der Waals surface area (Å²) >= 11 is 0. The Labute approximate surface area is 100 Å². The van der Waals surface area contributed by atoms with Crippen LogP contribution in [0.3, 0.4) is 0 Å². The van der Waals surface area contributed by atoms with Gasteiger partial charge in [-0.15, -0.1) is 12.3 Å². The molecule has 4 N–H and O–H groups in total. The zero-order chi connectivity index (χ0) is 13.4. The number of hydrogen-bond acceptors (Lipinski definition) is 3. The molecule has 0 aromatic heterocycles. The summed E-state index contributed by atoms with van der Waals surface area (Å²) in [6.45, 7) is 3.14. The number of urea groups is 1. The smallest absolute Gasteiger partial charge is 0.328 e. The van der Waals surface area contributed by atoms with Gasteiger partial charge in [-0.2, -0.15) is 0 Å². The third-order valence-corrected chi connectivity index (χ3v) is 2.23. The van der Waals surface area contributed by atoms with Crippen LogP contribution in [-0.2, 0) is 4.79 Å². The first kappa shape index (κ1) is 15.3. The van der Waals surface area contributed by atoms with Crippen LogP contribution in [0.4, 0.5) is 4.79 Å². The lowest BCUT2D eigenvalue weighted by molar-refractivity contribution is -0.141. The first-order valence-electron chi connectivity index (χ1n) is 5.33. The standard InChI is InChI=1S/C11H18N2O4/c1-4-6-8(5-2)12-11(17)13-9(7(3)14)10(15)16/h1,7-9,14H,5-6H2,2-3H3,(H,15,16)(H2,12,13,17). The third-order valence-electron chi connectivity index (χ3n) is 2.23. The molecule has 6 heteroatoms. The van der Waals surface area contributed by atoms with E-state index in [-0.39, 0.29) is 6.04 Å². The lowest BCUT2D eigenvalue weighted by atomic mass is 10.1. The Bertz CT molecular complexity index is 309. The summed E-state index contributed by atoms with van der Waals surface area (Å²) in [6.07, 6.45) is 4.96. The number of hydrogen-bond donors (Lipinski definition) is 4. The first-order valence-corrected chi connectivity index (χ1v) is 5.33. The fraction of sp³-hybridized carbons (Fsp3) is 0.636. The van der Waals surface area contributed by atoms with Crippen molar-refractivity contribution in [2.45, 2.75) is 44.9 Å². The highest BCUT2D eigenvalue weighted by Crippen LogP contribution is 1.97. The number of aliphatic carboxylic acids is 1. The maximum Gasteiger partial charge on any atom is 0.328 e. The third kappa shape index (κ3) is 5.78. The van der Waals surface area contributed by atoms with Gasteiger partial charge >= 0.3 is 12.0 Å². The summed E-state index contributed by atoms with van der Waals surface area (Å²) in [5, 5.41) is 22.6. The minimum atomic E-state index is -1.33. The van der Waals surface area contributed by atoms with E-state index in [2.05, 4.69) is 16.6 Å². The molecule has 0 aliphatic carbocycles.